The molecule has 1 aliphatic rings. The van der Waals surface area contributed by atoms with Gasteiger partial charge < -0.3 is 10.1 Å². The minimum absolute atomic E-state index is 0.144. The quantitative estimate of drug-likeness (QED) is 0.497. The summed E-state index contributed by atoms with van der Waals surface area (Å²) in [5, 5.41) is 5.25. The molecule has 1 amide bonds. The van der Waals surface area contributed by atoms with Crippen LogP contribution in [0, 0.1) is 5.92 Å². The molecule has 32 heavy (non-hydrogen) atoms. The van der Waals surface area contributed by atoms with Crippen molar-refractivity contribution in [1.29, 1.82) is 0 Å². The van der Waals surface area contributed by atoms with E-state index >= 15 is 0 Å². The molecule has 168 valence electrons. The summed E-state index contributed by atoms with van der Waals surface area (Å²) in [6.07, 6.45) is 1.25. The summed E-state index contributed by atoms with van der Waals surface area (Å²) in [6.45, 7) is 0.536. The van der Waals surface area contributed by atoms with Gasteiger partial charge in [0.05, 0.1) is 23.6 Å². The van der Waals surface area contributed by atoms with Gasteiger partial charge in [-0.1, -0.05) is 28.1 Å². The van der Waals surface area contributed by atoms with Crippen LogP contribution in [0.15, 0.2) is 63.3 Å². The molecule has 1 unspecified atom stereocenters. The molecule has 0 spiro atoms. The molecule has 1 aliphatic heterocycles. The number of thiazole rings is 1. The number of methoxy groups -OCH3 is 1. The lowest BCUT2D eigenvalue weighted by atomic mass is 9.99. The third-order valence-electron chi connectivity index (χ3n) is 5.33. The number of carbonyl (C=O) groups is 1. The van der Waals surface area contributed by atoms with Crippen LogP contribution in [0.4, 0.5) is 5.13 Å². The molecule has 3 aromatic rings. The number of rotatable bonds is 6. The molecule has 1 atom stereocenters. The molecule has 1 N–H and O–H groups in total. The Morgan fingerprint density at radius 2 is 1.91 bits per heavy atom. The van der Waals surface area contributed by atoms with E-state index in [9.17, 15) is 13.2 Å². The van der Waals surface area contributed by atoms with E-state index in [1.54, 1.807) is 12.1 Å². The molecule has 7 nitrogen and oxygen atoms in total. The Hall–Kier alpha value is -2.27. The highest BCUT2D eigenvalue weighted by Crippen LogP contribution is 2.29. The SMILES string of the molecule is COc1ccc(S(=O)(=O)N2CCCC(C(=O)Nc3nc(-c4ccc(Br)cc4)cs3)C2)cc1. The molecular formula is C22H22BrN3O4S2. The smallest absolute Gasteiger partial charge is 0.243 e. The van der Waals surface area contributed by atoms with Crippen molar-refractivity contribution in [3.05, 3.63) is 58.4 Å². The van der Waals surface area contributed by atoms with Gasteiger partial charge in [0.2, 0.25) is 15.9 Å². The lowest BCUT2D eigenvalue weighted by molar-refractivity contribution is -0.120. The van der Waals surface area contributed by atoms with Crippen LogP contribution in [0.3, 0.4) is 0 Å². The highest BCUT2D eigenvalue weighted by Gasteiger charge is 2.33. The minimum atomic E-state index is -3.68. The van der Waals surface area contributed by atoms with Crippen molar-refractivity contribution in [2.75, 3.05) is 25.5 Å². The number of aromatic nitrogens is 1. The van der Waals surface area contributed by atoms with Gasteiger partial charge >= 0.3 is 0 Å². The van der Waals surface area contributed by atoms with Crippen LogP contribution >= 0.6 is 27.3 Å². The van der Waals surface area contributed by atoms with Gasteiger partial charge in [-0.25, -0.2) is 13.4 Å². The second kappa shape index (κ2) is 9.70. The van der Waals surface area contributed by atoms with E-state index in [2.05, 4.69) is 26.2 Å². The normalized spacial score (nSPS) is 17.1. The second-order valence-corrected chi connectivity index (χ2v) is 11.1. The first-order chi connectivity index (χ1) is 15.4. The highest BCUT2D eigenvalue weighted by molar-refractivity contribution is 9.10. The summed E-state index contributed by atoms with van der Waals surface area (Å²) in [5.74, 6) is -0.0565. The molecule has 10 heteroatoms. The van der Waals surface area contributed by atoms with Gasteiger partial charge in [-0.05, 0) is 49.2 Å². The lowest BCUT2D eigenvalue weighted by Gasteiger charge is -2.31. The van der Waals surface area contributed by atoms with Crippen molar-refractivity contribution in [2.24, 2.45) is 5.92 Å². The Morgan fingerprint density at radius 1 is 1.19 bits per heavy atom. The number of hydrogen-bond acceptors (Lipinski definition) is 6. The number of piperidine rings is 1. The zero-order valence-electron chi connectivity index (χ0n) is 17.3. The molecule has 4 rings (SSSR count). The van der Waals surface area contributed by atoms with Gasteiger partial charge in [0.15, 0.2) is 5.13 Å². The Morgan fingerprint density at radius 3 is 2.59 bits per heavy atom. The van der Waals surface area contributed by atoms with Gasteiger partial charge in [0.1, 0.15) is 5.75 Å². The number of sulfonamides is 1. The Balaban J connectivity index is 1.43. The van der Waals surface area contributed by atoms with Crippen LogP contribution in [-0.4, -0.2) is 43.8 Å². The monoisotopic (exact) mass is 535 g/mol. The van der Waals surface area contributed by atoms with E-state index in [1.807, 2.05) is 29.6 Å². The van der Waals surface area contributed by atoms with Crippen LogP contribution in [0.1, 0.15) is 12.8 Å². The van der Waals surface area contributed by atoms with Crippen molar-refractivity contribution in [2.45, 2.75) is 17.7 Å². The second-order valence-electron chi connectivity index (χ2n) is 7.41. The number of benzene rings is 2. The van der Waals surface area contributed by atoms with E-state index in [1.165, 1.54) is 34.9 Å². The van der Waals surface area contributed by atoms with Gasteiger partial charge in [0, 0.05) is 28.5 Å². The van der Waals surface area contributed by atoms with Crippen LogP contribution in [0.25, 0.3) is 11.3 Å². The standard InChI is InChI=1S/C22H22BrN3O4S2/c1-30-18-8-10-19(11-9-18)32(28,29)26-12-2-3-16(13-26)21(27)25-22-24-20(14-31-22)15-4-6-17(23)7-5-15/h4-11,14,16H,2-3,12-13H2,1H3,(H,24,25,27). The summed E-state index contributed by atoms with van der Waals surface area (Å²) in [5.41, 5.74) is 1.74. The van der Waals surface area contributed by atoms with Crippen molar-refractivity contribution in [1.82, 2.24) is 9.29 Å². The summed E-state index contributed by atoms with van der Waals surface area (Å²) in [7, 11) is -2.15. The van der Waals surface area contributed by atoms with Gasteiger partial charge in [-0.15, -0.1) is 11.3 Å². The van der Waals surface area contributed by atoms with Crippen molar-refractivity contribution >= 4 is 48.3 Å². The van der Waals surface area contributed by atoms with E-state index in [-0.39, 0.29) is 17.3 Å². The zero-order valence-corrected chi connectivity index (χ0v) is 20.5. The molecule has 1 aromatic heterocycles. The molecule has 2 heterocycles. The summed E-state index contributed by atoms with van der Waals surface area (Å²) in [4.78, 5) is 17.6. The van der Waals surface area contributed by atoms with Gasteiger partial charge in [-0.3, -0.25) is 4.79 Å². The highest BCUT2D eigenvalue weighted by atomic mass is 79.9. The maximum Gasteiger partial charge on any atom is 0.243 e. The van der Waals surface area contributed by atoms with E-state index in [0.717, 1.165) is 15.7 Å². The minimum Gasteiger partial charge on any atom is -0.497 e. The number of nitrogens with one attached hydrogen (secondary N) is 1. The van der Waals surface area contributed by atoms with Gasteiger partial charge in [0.25, 0.3) is 0 Å². The predicted molar refractivity (Wildman–Crippen MR) is 128 cm³/mol. The van der Waals surface area contributed by atoms with E-state index < -0.39 is 15.9 Å². The fraction of sp³-hybridized carbons (Fsp3) is 0.273. The Kier molecular flexibility index (Phi) is 6.94. The average molecular weight is 536 g/mol. The number of halogens is 1. The number of hydrogen-bond donors (Lipinski definition) is 1. The average Bonchev–Trinajstić information content (AvgIpc) is 3.28. The molecule has 0 radical (unpaired) electrons. The first-order valence-corrected chi connectivity index (χ1v) is 13.1. The van der Waals surface area contributed by atoms with E-state index in [0.29, 0.717) is 30.3 Å². The number of anilines is 1. The van der Waals surface area contributed by atoms with Crippen LogP contribution in [0.5, 0.6) is 5.75 Å². The van der Waals surface area contributed by atoms with Crippen molar-refractivity contribution in [3.8, 4) is 17.0 Å². The largest absolute Gasteiger partial charge is 0.497 e. The number of carbonyl (C=O) groups excluding carboxylic acids is 1. The molecule has 1 saturated heterocycles. The third kappa shape index (κ3) is 5.03. The topological polar surface area (TPSA) is 88.6 Å². The van der Waals surface area contributed by atoms with Crippen LogP contribution in [0.2, 0.25) is 0 Å². The molecule has 0 saturated carbocycles. The first kappa shape index (κ1) is 22.9. The summed E-state index contributed by atoms with van der Waals surface area (Å²) >= 11 is 4.76. The molecule has 0 aliphatic carbocycles. The van der Waals surface area contributed by atoms with Crippen LogP contribution in [-0.2, 0) is 14.8 Å². The van der Waals surface area contributed by atoms with Gasteiger partial charge in [-0.2, -0.15) is 4.31 Å². The summed E-state index contributed by atoms with van der Waals surface area (Å²) < 4.78 is 33.5. The summed E-state index contributed by atoms with van der Waals surface area (Å²) in [6, 6.07) is 14.1. The Bertz CT molecular complexity index is 1190. The Labute approximate surface area is 199 Å². The zero-order chi connectivity index (χ0) is 22.7. The maximum absolute atomic E-state index is 13.0. The fourth-order valence-electron chi connectivity index (χ4n) is 3.56. The van der Waals surface area contributed by atoms with Crippen molar-refractivity contribution in [3.63, 3.8) is 0 Å². The van der Waals surface area contributed by atoms with E-state index in [4.69, 9.17) is 4.74 Å². The first-order valence-electron chi connectivity index (χ1n) is 10.0. The predicted octanol–water partition coefficient (Wildman–Crippen LogP) is 4.62. The third-order valence-corrected chi connectivity index (χ3v) is 8.49. The fourth-order valence-corrected chi connectivity index (χ4v) is 6.07. The number of nitrogens with zero attached hydrogens (tertiary/aromatic N) is 2. The molecular weight excluding hydrogens is 514 g/mol. The number of amides is 1. The maximum atomic E-state index is 13.0. The molecule has 0 bridgehead atoms. The molecule has 2 aromatic carbocycles. The lowest BCUT2D eigenvalue weighted by Crippen LogP contribution is -2.43. The number of ether oxygens (including phenoxy) is 1. The van der Waals surface area contributed by atoms with Crippen LogP contribution < -0.4 is 10.1 Å². The molecule has 1 fully saturated rings. The van der Waals surface area contributed by atoms with Crippen molar-refractivity contribution < 1.29 is 17.9 Å².